The normalized spacial score (nSPS) is 15.6. The molecule has 0 radical (unpaired) electrons. The maximum absolute atomic E-state index is 12.8. The van der Waals surface area contributed by atoms with Gasteiger partial charge in [-0.2, -0.15) is 0 Å². The Morgan fingerprint density at radius 1 is 1.19 bits per heavy atom. The average molecular weight is 397 g/mol. The highest BCUT2D eigenvalue weighted by atomic mass is 32.2. The lowest BCUT2D eigenvalue weighted by molar-refractivity contribution is -0.116. The van der Waals surface area contributed by atoms with E-state index in [4.69, 9.17) is 0 Å². The number of hydrogen-bond acceptors (Lipinski definition) is 6. The van der Waals surface area contributed by atoms with Crippen LogP contribution in [0.3, 0.4) is 0 Å². The van der Waals surface area contributed by atoms with E-state index in [1.54, 1.807) is 0 Å². The first-order chi connectivity index (χ1) is 13.2. The van der Waals surface area contributed by atoms with Gasteiger partial charge in [-0.3, -0.25) is 4.79 Å². The third-order valence-corrected chi connectivity index (χ3v) is 6.49. The van der Waals surface area contributed by atoms with Crippen molar-refractivity contribution >= 4 is 39.8 Å². The topological polar surface area (TPSA) is 58.1 Å². The molecular formula is C20H20N4OS2. The molecule has 1 N–H and O–H groups in total. The first-order valence-corrected chi connectivity index (χ1v) is 10.6. The van der Waals surface area contributed by atoms with Gasteiger partial charge in [-0.05, 0) is 30.5 Å². The summed E-state index contributed by atoms with van der Waals surface area (Å²) in [7, 11) is 0. The van der Waals surface area contributed by atoms with Crippen molar-refractivity contribution in [3.63, 3.8) is 0 Å². The number of anilines is 2. The Morgan fingerprint density at radius 3 is 2.81 bits per heavy atom. The van der Waals surface area contributed by atoms with Gasteiger partial charge in [-0.25, -0.2) is 0 Å². The van der Waals surface area contributed by atoms with Crippen molar-refractivity contribution in [1.29, 1.82) is 0 Å². The Morgan fingerprint density at radius 2 is 1.96 bits per heavy atom. The van der Waals surface area contributed by atoms with E-state index in [0.717, 1.165) is 21.6 Å². The van der Waals surface area contributed by atoms with Gasteiger partial charge < -0.3 is 10.2 Å². The molecule has 0 fully saturated rings. The van der Waals surface area contributed by atoms with Crippen molar-refractivity contribution in [3.05, 3.63) is 65.7 Å². The fourth-order valence-corrected chi connectivity index (χ4v) is 4.86. The number of benzene rings is 2. The fraction of sp³-hybridized carbons (Fsp3) is 0.250. The summed E-state index contributed by atoms with van der Waals surface area (Å²) in [5.41, 5.74) is 3.48. The molecule has 0 unspecified atom stereocenters. The Bertz CT molecular complexity index is 928. The summed E-state index contributed by atoms with van der Waals surface area (Å²) in [6.45, 7) is 2.81. The second-order valence-electron chi connectivity index (χ2n) is 6.45. The molecule has 2 aromatic carbocycles. The zero-order valence-corrected chi connectivity index (χ0v) is 16.6. The van der Waals surface area contributed by atoms with E-state index in [1.165, 1.54) is 34.2 Å². The highest BCUT2D eigenvalue weighted by Crippen LogP contribution is 2.33. The largest absolute Gasteiger partial charge is 0.356 e. The average Bonchev–Trinajstić information content (AvgIpc) is 3.28. The van der Waals surface area contributed by atoms with E-state index in [1.807, 2.05) is 41.3 Å². The molecule has 2 heterocycles. The molecule has 3 aromatic rings. The molecule has 138 valence electrons. The van der Waals surface area contributed by atoms with Crippen LogP contribution in [-0.4, -0.2) is 27.9 Å². The number of nitrogens with zero attached hydrogens (tertiary/aromatic N) is 3. The van der Waals surface area contributed by atoms with E-state index in [-0.39, 0.29) is 11.9 Å². The monoisotopic (exact) mass is 396 g/mol. The minimum atomic E-state index is 0.117. The van der Waals surface area contributed by atoms with E-state index < -0.39 is 0 Å². The quantitative estimate of drug-likeness (QED) is 0.632. The Balaban J connectivity index is 1.33. The molecule has 0 aliphatic carbocycles. The molecule has 1 aliphatic heterocycles. The van der Waals surface area contributed by atoms with Crippen LogP contribution in [0.15, 0.2) is 58.9 Å². The van der Waals surface area contributed by atoms with Crippen LogP contribution in [-0.2, 0) is 17.8 Å². The number of thioether (sulfide) groups is 1. The molecule has 1 amide bonds. The number of para-hydroxylation sites is 1. The van der Waals surface area contributed by atoms with E-state index in [9.17, 15) is 4.79 Å². The lowest BCUT2D eigenvalue weighted by atomic mass is 10.1. The van der Waals surface area contributed by atoms with Crippen molar-refractivity contribution in [1.82, 2.24) is 10.2 Å². The van der Waals surface area contributed by atoms with Crippen molar-refractivity contribution < 1.29 is 4.79 Å². The number of rotatable bonds is 6. The first kappa shape index (κ1) is 18.0. The maximum atomic E-state index is 12.8. The van der Waals surface area contributed by atoms with Gasteiger partial charge in [-0.15, -0.1) is 10.2 Å². The third-order valence-electron chi connectivity index (χ3n) is 4.49. The highest BCUT2D eigenvalue weighted by molar-refractivity contribution is 8.01. The number of fused-ring (bicyclic) bond motifs is 1. The van der Waals surface area contributed by atoms with Crippen LogP contribution in [0, 0.1) is 0 Å². The van der Waals surface area contributed by atoms with Gasteiger partial charge in [0.1, 0.15) is 0 Å². The first-order valence-electron chi connectivity index (χ1n) is 8.85. The summed E-state index contributed by atoms with van der Waals surface area (Å²) in [5.74, 6) is 0.484. The lowest BCUT2D eigenvalue weighted by Gasteiger charge is -2.22. The molecule has 5 nitrogen and oxygen atoms in total. The van der Waals surface area contributed by atoms with Crippen LogP contribution in [0.4, 0.5) is 10.8 Å². The minimum absolute atomic E-state index is 0.117. The summed E-state index contributed by atoms with van der Waals surface area (Å²) in [4.78, 5) is 14.7. The molecule has 0 spiro atoms. The van der Waals surface area contributed by atoms with Gasteiger partial charge in [-0.1, -0.05) is 71.6 Å². The molecule has 1 aromatic heterocycles. The number of aromatic nitrogens is 2. The Labute approximate surface area is 166 Å². The van der Waals surface area contributed by atoms with E-state index >= 15 is 0 Å². The highest BCUT2D eigenvalue weighted by Gasteiger charge is 2.30. The number of carbonyl (C=O) groups is 1. The molecule has 27 heavy (non-hydrogen) atoms. The van der Waals surface area contributed by atoms with Gasteiger partial charge in [0.15, 0.2) is 4.34 Å². The predicted octanol–water partition coefficient (Wildman–Crippen LogP) is 4.22. The van der Waals surface area contributed by atoms with Gasteiger partial charge >= 0.3 is 0 Å². The molecular weight excluding hydrogens is 376 g/mol. The third kappa shape index (κ3) is 4.14. The van der Waals surface area contributed by atoms with Crippen molar-refractivity contribution in [2.75, 3.05) is 16.0 Å². The van der Waals surface area contributed by atoms with Gasteiger partial charge in [0.2, 0.25) is 11.0 Å². The number of carbonyl (C=O) groups excluding carboxylic acids is 1. The van der Waals surface area contributed by atoms with Crippen LogP contribution >= 0.6 is 23.1 Å². The van der Waals surface area contributed by atoms with Crippen LogP contribution in [0.5, 0.6) is 0 Å². The summed E-state index contributed by atoms with van der Waals surface area (Å²) in [6.07, 6.45) is 0.916. The second-order valence-corrected chi connectivity index (χ2v) is 8.65. The van der Waals surface area contributed by atoms with Crippen molar-refractivity contribution in [3.8, 4) is 0 Å². The number of nitrogens with one attached hydrogen (secondary N) is 1. The van der Waals surface area contributed by atoms with Gasteiger partial charge in [0.05, 0.1) is 5.75 Å². The summed E-state index contributed by atoms with van der Waals surface area (Å²) in [6, 6.07) is 18.5. The Kier molecular flexibility index (Phi) is 5.40. The van der Waals surface area contributed by atoms with Gasteiger partial charge in [0, 0.05) is 18.3 Å². The standard InChI is InChI=1S/C20H20N4OS2/c1-14-11-16-9-5-6-10-17(16)24(14)18(25)13-26-20-23-22-19(27-20)21-12-15-7-3-2-4-8-15/h2-10,14H,11-13H2,1H3,(H,21,22)/t14-/m1/s1. The Hall–Kier alpha value is -2.38. The predicted molar refractivity (Wildman–Crippen MR) is 111 cm³/mol. The maximum Gasteiger partial charge on any atom is 0.237 e. The van der Waals surface area contributed by atoms with Crippen LogP contribution in [0.1, 0.15) is 18.1 Å². The van der Waals surface area contributed by atoms with Crippen molar-refractivity contribution in [2.24, 2.45) is 0 Å². The zero-order valence-electron chi connectivity index (χ0n) is 15.0. The van der Waals surface area contributed by atoms with Crippen molar-refractivity contribution in [2.45, 2.75) is 30.3 Å². The summed E-state index contributed by atoms with van der Waals surface area (Å²) >= 11 is 2.93. The molecule has 1 aliphatic rings. The number of amides is 1. The van der Waals surface area contributed by atoms with Crippen LogP contribution in [0.25, 0.3) is 0 Å². The number of hydrogen-bond donors (Lipinski definition) is 1. The minimum Gasteiger partial charge on any atom is -0.356 e. The zero-order chi connectivity index (χ0) is 18.6. The van der Waals surface area contributed by atoms with Crippen LogP contribution < -0.4 is 10.2 Å². The molecule has 0 saturated carbocycles. The molecule has 1 atom stereocenters. The van der Waals surface area contributed by atoms with E-state index in [0.29, 0.717) is 12.3 Å². The smallest absolute Gasteiger partial charge is 0.237 e. The molecule has 0 saturated heterocycles. The molecule has 4 rings (SSSR count). The summed E-state index contributed by atoms with van der Waals surface area (Å²) in [5, 5.41) is 12.4. The van der Waals surface area contributed by atoms with E-state index in [2.05, 4.69) is 40.6 Å². The summed E-state index contributed by atoms with van der Waals surface area (Å²) < 4.78 is 0.805. The SMILES string of the molecule is C[C@@H]1Cc2ccccc2N1C(=O)CSc1nnc(NCc2ccccc2)s1. The lowest BCUT2D eigenvalue weighted by Crippen LogP contribution is -2.36. The molecule has 0 bridgehead atoms. The van der Waals surface area contributed by atoms with Crippen LogP contribution in [0.2, 0.25) is 0 Å². The molecule has 7 heteroatoms. The fourth-order valence-electron chi connectivity index (χ4n) is 3.25. The van der Waals surface area contributed by atoms with Gasteiger partial charge in [0.25, 0.3) is 0 Å². The second kappa shape index (κ2) is 8.10.